The molecule has 7 aliphatic rings. The van der Waals surface area contributed by atoms with E-state index in [1.165, 1.54) is 39.0 Å². The van der Waals surface area contributed by atoms with Gasteiger partial charge in [-0.2, -0.15) is 0 Å². The zero-order valence-corrected chi connectivity index (χ0v) is 34.9. The molecule has 3 aromatic rings. The van der Waals surface area contributed by atoms with E-state index >= 15 is 0 Å². The summed E-state index contributed by atoms with van der Waals surface area (Å²) in [5, 5.41) is 27.6. The Morgan fingerprint density at radius 1 is 1.03 bits per heavy atom. The summed E-state index contributed by atoms with van der Waals surface area (Å²) in [5.41, 5.74) is 4.00. The van der Waals surface area contributed by atoms with Crippen molar-refractivity contribution in [2.75, 3.05) is 53.6 Å². The van der Waals surface area contributed by atoms with Gasteiger partial charge in [-0.3, -0.25) is 19.9 Å². The highest BCUT2D eigenvalue weighted by atomic mass is 32.2. The number of aryl methyl sites for hydroxylation is 1. The number of aliphatic hydroxyl groups is 1. The van der Waals surface area contributed by atoms with Crippen LogP contribution in [0, 0.1) is 13.8 Å². The maximum absolute atomic E-state index is 14.9. The van der Waals surface area contributed by atoms with E-state index in [4.69, 9.17) is 37.9 Å². The average Bonchev–Trinajstić information content (AvgIpc) is 3.72. The Bertz CT molecular complexity index is 2340. The molecule has 16 nitrogen and oxygen atoms in total. The first kappa shape index (κ1) is 40.2. The molecule has 17 heteroatoms. The number of aromatic hydroxyl groups is 1. The number of carbonyl (C=O) groups excluding carboxylic acids is 3. The van der Waals surface area contributed by atoms with E-state index in [2.05, 4.69) is 16.8 Å². The lowest BCUT2D eigenvalue weighted by atomic mass is 9.73. The second kappa shape index (κ2) is 15.1. The highest BCUT2D eigenvalue weighted by Gasteiger charge is 2.61. The first-order chi connectivity index (χ1) is 28.8. The van der Waals surface area contributed by atoms with Gasteiger partial charge < -0.3 is 48.1 Å². The van der Waals surface area contributed by atoms with Crippen LogP contribution in [-0.2, 0) is 37.4 Å². The SMILES string of the molecule is C=CCOC(=O)Oc1cc2c(cc1OC)[C@@]1(CS[C@@H]3c4c(OC(C)=O)c(C)c5c(c4[C@@H](COC1=O)N1C3[C@H]3c4c(cc(C)c(OC)c4O)C[C@H]([C@@H]1O)N3C)OCO5)NCC2. The third kappa shape index (κ3) is 5.91. The molecule has 0 saturated carbocycles. The average molecular weight is 846 g/mol. The number of aliphatic hydroxyl groups excluding tert-OH is 1. The number of fused-ring (bicyclic) bond motifs is 9. The lowest BCUT2D eigenvalue weighted by Crippen LogP contribution is -2.70. The molecule has 4 bridgehead atoms. The fraction of sp³-hybridized carbons (Fsp3) is 0.465. The van der Waals surface area contributed by atoms with Gasteiger partial charge in [-0.1, -0.05) is 18.7 Å². The van der Waals surface area contributed by atoms with Gasteiger partial charge in [0.15, 0.2) is 40.0 Å². The zero-order valence-electron chi connectivity index (χ0n) is 34.1. The number of carbonyl (C=O) groups is 3. The number of phenols is 1. The summed E-state index contributed by atoms with van der Waals surface area (Å²) in [6, 6.07) is 2.99. The third-order valence-electron chi connectivity index (χ3n) is 12.8. The van der Waals surface area contributed by atoms with Gasteiger partial charge in [0.1, 0.15) is 25.2 Å². The molecule has 7 heterocycles. The molecule has 10 rings (SSSR count). The number of methoxy groups -OCH3 is 2. The minimum absolute atomic E-state index is 0.0173. The van der Waals surface area contributed by atoms with Crippen LogP contribution in [0.25, 0.3) is 0 Å². The summed E-state index contributed by atoms with van der Waals surface area (Å²) in [5.74, 6) is 0.822. The van der Waals surface area contributed by atoms with E-state index in [-0.39, 0.29) is 43.0 Å². The predicted octanol–water partition coefficient (Wildman–Crippen LogP) is 4.41. The number of likely N-dealkylation sites (N-methyl/N-ethyl adjacent to an activating group) is 1. The number of hydrogen-bond acceptors (Lipinski definition) is 17. The molecule has 0 amide bonds. The Hall–Kier alpha value is -5.20. The molecule has 60 heavy (non-hydrogen) atoms. The quantitative estimate of drug-likeness (QED) is 0.137. The van der Waals surface area contributed by atoms with Crippen molar-refractivity contribution < 1.29 is 62.5 Å². The lowest BCUT2D eigenvalue weighted by molar-refractivity contribution is -0.186. The van der Waals surface area contributed by atoms with Gasteiger partial charge in [0, 0.05) is 47.5 Å². The van der Waals surface area contributed by atoms with Crippen LogP contribution in [0.5, 0.6) is 40.2 Å². The monoisotopic (exact) mass is 845 g/mol. The van der Waals surface area contributed by atoms with Gasteiger partial charge in [-0.05, 0) is 68.1 Å². The standard InChI is InChI=1S/C43H47N3O13S/c1-8-11-54-42(51)59-28-14-22-9-10-44-43(24(22)15-27(28)52-6)17-60-39-31-30(38-37(56-18-57-38)20(3)36(31)58-21(4)47)26(16-55-41(43)50)46-33(39)32-29-23(13-25(40(46)49)45(32)5)12-19(2)35(53-7)34(29)48/h8,12,14-15,25-26,32-33,39-40,44,48-49H,1,9-11,13,16-18H2,2-7H3/t25-,26-,32-,33?,39-,40+,43-/m1/s1. The summed E-state index contributed by atoms with van der Waals surface area (Å²) in [6.07, 6.45) is 0.327. The fourth-order valence-electron chi connectivity index (χ4n) is 10.3. The van der Waals surface area contributed by atoms with E-state index in [0.29, 0.717) is 70.2 Å². The van der Waals surface area contributed by atoms with Crippen molar-refractivity contribution in [2.24, 2.45) is 0 Å². The molecule has 3 aromatic carbocycles. The number of nitrogens with one attached hydrogen (secondary N) is 1. The Labute approximate surface area is 350 Å². The Morgan fingerprint density at radius 2 is 1.82 bits per heavy atom. The number of benzene rings is 3. The molecular formula is C43H47N3O13S. The Kier molecular flexibility index (Phi) is 10.1. The molecule has 0 aliphatic carbocycles. The number of ether oxygens (including phenoxy) is 8. The van der Waals surface area contributed by atoms with Crippen LogP contribution in [-0.4, -0.2) is 110 Å². The molecule has 7 aliphatic heterocycles. The van der Waals surface area contributed by atoms with E-state index < -0.39 is 59.3 Å². The first-order valence-corrected chi connectivity index (χ1v) is 20.8. The van der Waals surface area contributed by atoms with Gasteiger partial charge in [-0.25, -0.2) is 9.59 Å². The summed E-state index contributed by atoms with van der Waals surface area (Å²) in [4.78, 5) is 44.5. The molecule has 0 aromatic heterocycles. The highest BCUT2D eigenvalue weighted by Crippen LogP contribution is 2.64. The van der Waals surface area contributed by atoms with Gasteiger partial charge in [0.25, 0.3) is 0 Å². The molecule has 1 spiro atoms. The minimum atomic E-state index is -1.45. The van der Waals surface area contributed by atoms with Crippen molar-refractivity contribution in [3.63, 3.8) is 0 Å². The van der Waals surface area contributed by atoms with Gasteiger partial charge >= 0.3 is 18.1 Å². The van der Waals surface area contributed by atoms with Gasteiger partial charge in [0.2, 0.25) is 6.79 Å². The van der Waals surface area contributed by atoms with Crippen molar-refractivity contribution >= 4 is 29.9 Å². The first-order valence-electron chi connectivity index (χ1n) is 19.8. The van der Waals surface area contributed by atoms with Crippen LogP contribution in [0.15, 0.2) is 30.9 Å². The minimum Gasteiger partial charge on any atom is -0.504 e. The van der Waals surface area contributed by atoms with Crippen molar-refractivity contribution in [3.05, 3.63) is 75.4 Å². The van der Waals surface area contributed by atoms with Crippen molar-refractivity contribution in [1.82, 2.24) is 15.1 Å². The molecule has 7 atom stereocenters. The molecular weight excluding hydrogens is 799 g/mol. The lowest BCUT2D eigenvalue weighted by Gasteiger charge is -2.62. The van der Waals surface area contributed by atoms with Crippen molar-refractivity contribution in [1.29, 1.82) is 0 Å². The van der Waals surface area contributed by atoms with Crippen molar-refractivity contribution in [3.8, 4) is 40.2 Å². The topological polar surface area (TPSA) is 184 Å². The number of rotatable bonds is 6. The normalized spacial score (nSPS) is 27.4. The number of thioether (sulfide) groups is 1. The summed E-state index contributed by atoms with van der Waals surface area (Å²) >= 11 is 1.44. The number of nitrogens with zero attached hydrogens (tertiary/aromatic N) is 2. The molecule has 0 radical (unpaired) electrons. The van der Waals surface area contributed by atoms with Crippen LogP contribution in [0.3, 0.4) is 0 Å². The number of hydrogen-bond donors (Lipinski definition) is 3. The fourth-order valence-corrected chi connectivity index (χ4v) is 12.0. The largest absolute Gasteiger partial charge is 0.514 e. The van der Waals surface area contributed by atoms with Crippen LogP contribution >= 0.6 is 11.8 Å². The van der Waals surface area contributed by atoms with Gasteiger partial charge in [0.05, 0.1) is 37.6 Å². The van der Waals surface area contributed by atoms with Crippen LogP contribution < -0.4 is 33.7 Å². The molecule has 318 valence electrons. The molecule has 1 unspecified atom stereocenters. The summed E-state index contributed by atoms with van der Waals surface area (Å²) in [7, 11) is 4.91. The Balaban J connectivity index is 1.26. The highest BCUT2D eigenvalue weighted by molar-refractivity contribution is 7.99. The van der Waals surface area contributed by atoms with E-state index in [9.17, 15) is 24.6 Å². The maximum atomic E-state index is 14.9. The van der Waals surface area contributed by atoms with Crippen LogP contribution in [0.2, 0.25) is 0 Å². The number of piperazine rings is 1. The second-order valence-corrected chi connectivity index (χ2v) is 17.0. The smallest absolute Gasteiger partial charge is 0.504 e. The van der Waals surface area contributed by atoms with Crippen molar-refractivity contribution in [2.45, 2.75) is 74.8 Å². The van der Waals surface area contributed by atoms with Crippen LogP contribution in [0.1, 0.15) is 68.8 Å². The molecule has 2 fully saturated rings. The van der Waals surface area contributed by atoms with E-state index in [0.717, 1.165) is 16.7 Å². The second-order valence-electron chi connectivity index (χ2n) is 15.9. The summed E-state index contributed by atoms with van der Waals surface area (Å²) < 4.78 is 46.9. The van der Waals surface area contributed by atoms with E-state index in [1.807, 2.05) is 31.9 Å². The molecule has 2 saturated heterocycles. The van der Waals surface area contributed by atoms with Gasteiger partial charge in [-0.15, -0.1) is 11.8 Å². The van der Waals surface area contributed by atoms with Crippen LogP contribution in [0.4, 0.5) is 4.79 Å². The number of phenolic OH excluding ortho intramolecular Hbond substituents is 1. The molecule has 3 N–H and O–H groups in total. The maximum Gasteiger partial charge on any atom is 0.514 e. The third-order valence-corrected chi connectivity index (χ3v) is 14.2. The predicted molar refractivity (Wildman–Crippen MR) is 215 cm³/mol. The Morgan fingerprint density at radius 3 is 2.55 bits per heavy atom. The zero-order chi connectivity index (χ0) is 42.4. The van der Waals surface area contributed by atoms with E-state index in [1.54, 1.807) is 12.1 Å². The summed E-state index contributed by atoms with van der Waals surface area (Å²) in [6.45, 7) is 8.61. The number of esters is 2.